The molecular weight excluding hydrogens is 479 g/mol. The standard InChI is InChI=1S/C19H18BrFN4O2S2/c1-12(26)22-10-4-7-18-23-24-19(25(18)14-6-3-2-5-13(14)21)28-11-15(27)16-8-9-17(20)29-16/h2-3,5-6,8-9H,4,7,10-11H2,1H3,(H,22,26). The quantitative estimate of drug-likeness (QED) is 0.272. The molecule has 0 aliphatic carbocycles. The van der Waals surface area contributed by atoms with Crippen LogP contribution in [0.1, 0.15) is 28.8 Å². The number of carbonyl (C=O) groups excluding carboxylic acids is 2. The van der Waals surface area contributed by atoms with Gasteiger partial charge in [-0.15, -0.1) is 21.5 Å². The smallest absolute Gasteiger partial charge is 0.216 e. The van der Waals surface area contributed by atoms with Crippen LogP contribution < -0.4 is 5.32 Å². The van der Waals surface area contributed by atoms with Crippen LogP contribution in [-0.2, 0) is 11.2 Å². The molecule has 0 aliphatic rings. The van der Waals surface area contributed by atoms with Gasteiger partial charge in [0.15, 0.2) is 10.9 Å². The van der Waals surface area contributed by atoms with Gasteiger partial charge in [0.25, 0.3) is 0 Å². The van der Waals surface area contributed by atoms with Crippen molar-refractivity contribution in [3.8, 4) is 5.69 Å². The second-order valence-electron chi connectivity index (χ2n) is 6.09. The Kier molecular flexibility index (Phi) is 7.57. The summed E-state index contributed by atoms with van der Waals surface area (Å²) < 4.78 is 17.0. The molecule has 3 aromatic rings. The van der Waals surface area contributed by atoms with Crippen molar-refractivity contribution in [2.45, 2.75) is 24.9 Å². The highest BCUT2D eigenvalue weighted by molar-refractivity contribution is 9.11. The topological polar surface area (TPSA) is 76.9 Å². The number of halogens is 2. The lowest BCUT2D eigenvalue weighted by molar-refractivity contribution is -0.118. The summed E-state index contributed by atoms with van der Waals surface area (Å²) >= 11 is 5.95. The number of benzene rings is 1. The van der Waals surface area contributed by atoms with Gasteiger partial charge in [0.2, 0.25) is 5.91 Å². The van der Waals surface area contributed by atoms with Crippen LogP contribution in [0.5, 0.6) is 0 Å². The van der Waals surface area contributed by atoms with Gasteiger partial charge < -0.3 is 5.32 Å². The summed E-state index contributed by atoms with van der Waals surface area (Å²) in [5, 5.41) is 11.6. The van der Waals surface area contributed by atoms with Gasteiger partial charge in [-0.3, -0.25) is 14.2 Å². The summed E-state index contributed by atoms with van der Waals surface area (Å²) in [5.74, 6) is 0.224. The summed E-state index contributed by atoms with van der Waals surface area (Å²) in [6, 6.07) is 9.98. The minimum Gasteiger partial charge on any atom is -0.356 e. The molecule has 0 aliphatic heterocycles. The van der Waals surface area contributed by atoms with Crippen LogP contribution >= 0.6 is 39.0 Å². The molecule has 2 heterocycles. The lowest BCUT2D eigenvalue weighted by atomic mass is 10.2. The van der Waals surface area contributed by atoms with Crippen LogP contribution in [-0.4, -0.2) is 38.8 Å². The predicted octanol–water partition coefficient (Wildman–Crippen LogP) is 4.27. The lowest BCUT2D eigenvalue weighted by Gasteiger charge is -2.11. The van der Waals surface area contributed by atoms with E-state index in [1.165, 1.54) is 36.1 Å². The first-order valence-electron chi connectivity index (χ1n) is 8.80. The molecule has 2 aromatic heterocycles. The van der Waals surface area contributed by atoms with Gasteiger partial charge in [0.1, 0.15) is 11.6 Å². The van der Waals surface area contributed by atoms with Crippen molar-refractivity contribution in [3.05, 3.63) is 56.7 Å². The first-order valence-corrected chi connectivity index (χ1v) is 11.4. The van der Waals surface area contributed by atoms with E-state index in [1.807, 2.05) is 6.07 Å². The fourth-order valence-electron chi connectivity index (χ4n) is 2.61. The van der Waals surface area contributed by atoms with E-state index < -0.39 is 5.82 Å². The molecule has 1 aromatic carbocycles. The van der Waals surface area contributed by atoms with Crippen molar-refractivity contribution in [2.24, 2.45) is 0 Å². The Balaban J connectivity index is 1.79. The summed E-state index contributed by atoms with van der Waals surface area (Å²) in [4.78, 5) is 24.1. The van der Waals surface area contributed by atoms with Crippen LogP contribution in [0.4, 0.5) is 4.39 Å². The van der Waals surface area contributed by atoms with Crippen molar-refractivity contribution >= 4 is 50.7 Å². The largest absolute Gasteiger partial charge is 0.356 e. The molecule has 0 saturated heterocycles. The number of para-hydroxylation sites is 1. The number of hydrogen-bond acceptors (Lipinski definition) is 6. The third-order valence-corrected chi connectivity index (χ3v) is 6.52. The molecule has 0 atom stereocenters. The number of Topliss-reactive ketones (excluding diaryl/α,β-unsaturated/α-hetero) is 1. The van der Waals surface area contributed by atoms with Crippen LogP contribution in [0.2, 0.25) is 0 Å². The minimum atomic E-state index is -0.397. The van der Waals surface area contributed by atoms with Gasteiger partial charge in [0.05, 0.1) is 20.1 Å². The van der Waals surface area contributed by atoms with Gasteiger partial charge in [-0.2, -0.15) is 0 Å². The number of hydrogen-bond donors (Lipinski definition) is 1. The molecule has 0 spiro atoms. The van der Waals surface area contributed by atoms with Crippen LogP contribution in [0.15, 0.2) is 45.3 Å². The zero-order chi connectivity index (χ0) is 20.8. The molecule has 29 heavy (non-hydrogen) atoms. The van der Waals surface area contributed by atoms with E-state index in [9.17, 15) is 14.0 Å². The first kappa shape index (κ1) is 21.7. The second-order valence-corrected chi connectivity index (χ2v) is 9.49. The number of rotatable bonds is 9. The Morgan fingerprint density at radius 1 is 1.24 bits per heavy atom. The van der Waals surface area contributed by atoms with E-state index in [1.54, 1.807) is 28.8 Å². The molecule has 3 rings (SSSR count). The number of nitrogens with one attached hydrogen (secondary N) is 1. The predicted molar refractivity (Wildman–Crippen MR) is 115 cm³/mol. The maximum atomic E-state index is 14.5. The monoisotopic (exact) mass is 496 g/mol. The molecule has 6 nitrogen and oxygen atoms in total. The van der Waals surface area contributed by atoms with Gasteiger partial charge in [-0.05, 0) is 46.6 Å². The summed E-state index contributed by atoms with van der Waals surface area (Å²) in [5.41, 5.74) is 0.334. The summed E-state index contributed by atoms with van der Waals surface area (Å²) in [6.07, 6.45) is 1.15. The number of thioether (sulfide) groups is 1. The Bertz CT molecular complexity index is 1020. The average molecular weight is 497 g/mol. The molecule has 1 amide bonds. The lowest BCUT2D eigenvalue weighted by Crippen LogP contribution is -2.21. The molecule has 0 radical (unpaired) electrons. The highest BCUT2D eigenvalue weighted by Crippen LogP contribution is 2.27. The Hall–Kier alpha value is -2.04. The molecule has 0 saturated carbocycles. The highest BCUT2D eigenvalue weighted by Gasteiger charge is 2.19. The number of carbonyl (C=O) groups is 2. The van der Waals surface area contributed by atoms with Gasteiger partial charge in [0, 0.05) is 19.9 Å². The zero-order valence-corrected chi connectivity index (χ0v) is 18.7. The van der Waals surface area contributed by atoms with E-state index in [-0.39, 0.29) is 17.4 Å². The van der Waals surface area contributed by atoms with E-state index in [4.69, 9.17) is 0 Å². The van der Waals surface area contributed by atoms with E-state index >= 15 is 0 Å². The summed E-state index contributed by atoms with van der Waals surface area (Å²) in [6.45, 7) is 1.95. The van der Waals surface area contributed by atoms with Gasteiger partial charge in [-0.25, -0.2) is 4.39 Å². The zero-order valence-electron chi connectivity index (χ0n) is 15.5. The van der Waals surface area contributed by atoms with Crippen LogP contribution in [0.25, 0.3) is 5.69 Å². The van der Waals surface area contributed by atoms with Gasteiger partial charge in [-0.1, -0.05) is 23.9 Å². The second kappa shape index (κ2) is 10.1. The van der Waals surface area contributed by atoms with E-state index in [0.29, 0.717) is 40.9 Å². The highest BCUT2D eigenvalue weighted by atomic mass is 79.9. The maximum Gasteiger partial charge on any atom is 0.216 e. The molecule has 10 heteroatoms. The molecule has 0 unspecified atom stereocenters. The minimum absolute atomic E-state index is 0.0269. The number of nitrogens with zero attached hydrogens (tertiary/aromatic N) is 3. The summed E-state index contributed by atoms with van der Waals surface area (Å²) in [7, 11) is 0. The fraction of sp³-hybridized carbons (Fsp3) is 0.263. The van der Waals surface area contributed by atoms with Crippen molar-refractivity contribution < 1.29 is 14.0 Å². The Morgan fingerprint density at radius 2 is 2.03 bits per heavy atom. The number of ketones is 1. The van der Waals surface area contributed by atoms with E-state index in [2.05, 4.69) is 31.4 Å². The van der Waals surface area contributed by atoms with Crippen molar-refractivity contribution in [3.63, 3.8) is 0 Å². The molecule has 1 N–H and O–H groups in total. The van der Waals surface area contributed by atoms with E-state index in [0.717, 1.165) is 3.79 Å². The maximum absolute atomic E-state index is 14.5. The molecular formula is C19H18BrFN4O2S2. The number of aromatic nitrogens is 3. The van der Waals surface area contributed by atoms with Gasteiger partial charge >= 0.3 is 0 Å². The average Bonchev–Trinajstić information content (AvgIpc) is 3.30. The first-order chi connectivity index (χ1) is 14.0. The van der Waals surface area contributed by atoms with Crippen molar-refractivity contribution in [1.82, 2.24) is 20.1 Å². The SMILES string of the molecule is CC(=O)NCCCc1nnc(SCC(=O)c2ccc(Br)s2)n1-c1ccccc1F. The van der Waals surface area contributed by atoms with Crippen LogP contribution in [0, 0.1) is 5.82 Å². The number of amides is 1. The third kappa shape index (κ3) is 5.74. The van der Waals surface area contributed by atoms with Crippen molar-refractivity contribution in [2.75, 3.05) is 12.3 Å². The fourth-order valence-corrected chi connectivity index (χ4v) is 4.87. The van der Waals surface area contributed by atoms with Crippen molar-refractivity contribution in [1.29, 1.82) is 0 Å². The normalized spacial score (nSPS) is 10.9. The molecule has 0 fully saturated rings. The molecule has 152 valence electrons. The number of aryl methyl sites for hydroxylation is 1. The Morgan fingerprint density at radius 3 is 2.72 bits per heavy atom. The molecule has 0 bridgehead atoms. The third-order valence-electron chi connectivity index (χ3n) is 3.93. The number of thiophene rings is 1. The van der Waals surface area contributed by atoms with Crippen LogP contribution in [0.3, 0.4) is 0 Å². The Labute approximate surface area is 184 Å².